The molecule has 23 heavy (non-hydrogen) atoms. The van der Waals surface area contributed by atoms with Crippen molar-refractivity contribution in [3.63, 3.8) is 0 Å². The van der Waals surface area contributed by atoms with E-state index in [-0.39, 0.29) is 11.6 Å². The number of pyridine rings is 1. The monoisotopic (exact) mass is 372 g/mol. The van der Waals surface area contributed by atoms with Gasteiger partial charge in [-0.2, -0.15) is 4.98 Å². The zero-order valence-electron chi connectivity index (χ0n) is 13.2. The van der Waals surface area contributed by atoms with Crippen LogP contribution in [0.4, 0.5) is 11.6 Å². The minimum absolute atomic E-state index is 0.0314. The minimum atomic E-state index is -0.0587. The Morgan fingerprint density at radius 2 is 2.00 bits per heavy atom. The van der Waals surface area contributed by atoms with Crippen LogP contribution >= 0.6 is 15.9 Å². The first-order chi connectivity index (χ1) is 11.0. The number of benzene rings is 1. The number of nitrogens with zero attached hydrogens (tertiary/aromatic N) is 3. The fourth-order valence-electron chi connectivity index (χ4n) is 2.45. The van der Waals surface area contributed by atoms with E-state index in [0.29, 0.717) is 11.6 Å². The van der Waals surface area contributed by atoms with Gasteiger partial charge in [0.05, 0.1) is 0 Å². The number of aryl methyl sites for hydroxylation is 1. The average Bonchev–Trinajstić information content (AvgIpc) is 2.50. The lowest BCUT2D eigenvalue weighted by Gasteiger charge is -2.13. The first-order valence-corrected chi connectivity index (χ1v) is 8.16. The Kier molecular flexibility index (Phi) is 4.17. The van der Waals surface area contributed by atoms with Crippen molar-refractivity contribution >= 4 is 38.6 Å². The predicted molar refractivity (Wildman–Crippen MR) is 96.3 cm³/mol. The Balaban J connectivity index is 2.07. The molecule has 1 N–H and O–H groups in total. The number of fused-ring (bicyclic) bond motifs is 1. The minimum Gasteiger partial charge on any atom is -0.324 e. The summed E-state index contributed by atoms with van der Waals surface area (Å²) in [5.74, 6) is 0.472. The molecule has 3 rings (SSSR count). The third kappa shape index (κ3) is 3.12. The van der Waals surface area contributed by atoms with Crippen molar-refractivity contribution in [1.29, 1.82) is 0 Å². The Labute approximate surface area is 142 Å². The molecule has 0 aliphatic rings. The molecule has 0 aliphatic carbocycles. The van der Waals surface area contributed by atoms with Crippen molar-refractivity contribution in [2.45, 2.75) is 26.8 Å². The summed E-state index contributed by atoms with van der Waals surface area (Å²) in [6.45, 7) is 5.95. The molecule has 5 nitrogen and oxygen atoms in total. The Bertz CT molecular complexity index is 934. The highest BCUT2D eigenvalue weighted by Gasteiger charge is 2.09. The molecule has 0 atom stereocenters. The molecule has 0 amide bonds. The molecule has 0 radical (unpaired) electrons. The summed E-state index contributed by atoms with van der Waals surface area (Å²) in [5.41, 5.74) is 2.60. The van der Waals surface area contributed by atoms with Crippen molar-refractivity contribution in [2.75, 3.05) is 5.32 Å². The van der Waals surface area contributed by atoms with Gasteiger partial charge in [-0.15, -0.1) is 0 Å². The summed E-state index contributed by atoms with van der Waals surface area (Å²) in [6.07, 6.45) is 1.73. The van der Waals surface area contributed by atoms with Crippen LogP contribution in [0.25, 0.3) is 11.0 Å². The quantitative estimate of drug-likeness (QED) is 0.748. The third-order valence-electron chi connectivity index (χ3n) is 3.60. The van der Waals surface area contributed by atoms with Gasteiger partial charge in [0.25, 0.3) is 5.56 Å². The van der Waals surface area contributed by atoms with Crippen LogP contribution in [0.1, 0.15) is 25.5 Å². The maximum absolute atomic E-state index is 12.1. The van der Waals surface area contributed by atoms with E-state index in [1.807, 2.05) is 39.0 Å². The van der Waals surface area contributed by atoms with Crippen molar-refractivity contribution in [3.8, 4) is 0 Å². The van der Waals surface area contributed by atoms with Crippen LogP contribution in [0.5, 0.6) is 0 Å². The second-order valence-electron chi connectivity index (χ2n) is 5.70. The summed E-state index contributed by atoms with van der Waals surface area (Å²) in [4.78, 5) is 21.0. The number of hydrogen-bond donors (Lipinski definition) is 1. The fraction of sp³-hybridized carbons (Fsp3) is 0.235. The van der Waals surface area contributed by atoms with Crippen molar-refractivity contribution in [1.82, 2.24) is 14.5 Å². The van der Waals surface area contributed by atoms with E-state index in [9.17, 15) is 4.79 Å². The van der Waals surface area contributed by atoms with Gasteiger partial charge in [0.15, 0.2) is 0 Å². The van der Waals surface area contributed by atoms with Gasteiger partial charge in [-0.1, -0.05) is 15.9 Å². The molecule has 2 heterocycles. The van der Waals surface area contributed by atoms with E-state index in [1.165, 1.54) is 0 Å². The molecule has 0 spiro atoms. The molecule has 0 unspecified atom stereocenters. The standard InChI is InChI=1S/C17H17BrN4O/c1-10(2)22-15(23)7-4-12-9-19-17(21-16(12)22)20-13-5-6-14(18)11(3)8-13/h4-10H,1-3H3,(H,19,20,21). The summed E-state index contributed by atoms with van der Waals surface area (Å²) in [7, 11) is 0. The van der Waals surface area contributed by atoms with Crippen LogP contribution < -0.4 is 10.9 Å². The van der Waals surface area contributed by atoms with Crippen LogP contribution in [0.2, 0.25) is 0 Å². The maximum atomic E-state index is 12.1. The van der Waals surface area contributed by atoms with Gasteiger partial charge in [0.1, 0.15) is 5.65 Å². The second-order valence-corrected chi connectivity index (χ2v) is 6.55. The fourth-order valence-corrected chi connectivity index (χ4v) is 2.70. The molecule has 6 heteroatoms. The molecule has 0 saturated carbocycles. The van der Waals surface area contributed by atoms with Crippen LogP contribution in [0, 0.1) is 6.92 Å². The Hall–Kier alpha value is -2.21. The lowest BCUT2D eigenvalue weighted by atomic mass is 10.2. The maximum Gasteiger partial charge on any atom is 0.252 e. The van der Waals surface area contributed by atoms with Crippen LogP contribution in [0.15, 0.2) is 45.8 Å². The van der Waals surface area contributed by atoms with Crippen LogP contribution in [-0.4, -0.2) is 14.5 Å². The zero-order valence-corrected chi connectivity index (χ0v) is 14.8. The number of rotatable bonds is 3. The zero-order chi connectivity index (χ0) is 16.6. The number of aromatic nitrogens is 3. The highest BCUT2D eigenvalue weighted by atomic mass is 79.9. The normalized spacial score (nSPS) is 11.2. The van der Waals surface area contributed by atoms with Crippen molar-refractivity contribution in [3.05, 3.63) is 56.9 Å². The number of hydrogen-bond acceptors (Lipinski definition) is 4. The van der Waals surface area contributed by atoms with Crippen LogP contribution in [-0.2, 0) is 0 Å². The van der Waals surface area contributed by atoms with Crippen molar-refractivity contribution < 1.29 is 0 Å². The Morgan fingerprint density at radius 1 is 1.22 bits per heavy atom. The molecule has 0 bridgehead atoms. The molecule has 0 fully saturated rings. The van der Waals surface area contributed by atoms with E-state index in [1.54, 1.807) is 22.9 Å². The van der Waals surface area contributed by atoms with E-state index < -0.39 is 0 Å². The van der Waals surface area contributed by atoms with E-state index >= 15 is 0 Å². The smallest absolute Gasteiger partial charge is 0.252 e. The average molecular weight is 373 g/mol. The van der Waals surface area contributed by atoms with Crippen molar-refractivity contribution in [2.24, 2.45) is 0 Å². The van der Waals surface area contributed by atoms with Gasteiger partial charge in [0.2, 0.25) is 5.95 Å². The van der Waals surface area contributed by atoms with E-state index in [4.69, 9.17) is 0 Å². The Morgan fingerprint density at radius 3 is 2.70 bits per heavy atom. The van der Waals surface area contributed by atoms with E-state index in [2.05, 4.69) is 31.2 Å². The third-order valence-corrected chi connectivity index (χ3v) is 4.49. The summed E-state index contributed by atoms with van der Waals surface area (Å²) in [6, 6.07) is 9.27. The molecular weight excluding hydrogens is 356 g/mol. The molecular formula is C17H17BrN4O. The summed E-state index contributed by atoms with van der Waals surface area (Å²) >= 11 is 3.48. The topological polar surface area (TPSA) is 59.8 Å². The van der Waals surface area contributed by atoms with E-state index in [0.717, 1.165) is 21.1 Å². The molecule has 0 aliphatic heterocycles. The molecule has 1 aromatic carbocycles. The number of nitrogens with one attached hydrogen (secondary N) is 1. The van der Waals surface area contributed by atoms with Gasteiger partial charge in [0, 0.05) is 33.9 Å². The molecule has 2 aromatic heterocycles. The second kappa shape index (κ2) is 6.12. The predicted octanol–water partition coefficient (Wildman–Crippen LogP) is 4.19. The first-order valence-electron chi connectivity index (χ1n) is 7.37. The van der Waals surface area contributed by atoms with Gasteiger partial charge in [-0.25, -0.2) is 4.98 Å². The SMILES string of the molecule is Cc1cc(Nc2ncc3ccc(=O)n(C(C)C)c3n2)ccc1Br. The number of halogens is 1. The first kappa shape index (κ1) is 15.7. The highest BCUT2D eigenvalue weighted by Crippen LogP contribution is 2.22. The van der Waals surface area contributed by atoms with Crippen LogP contribution in [0.3, 0.4) is 0 Å². The van der Waals surface area contributed by atoms with Gasteiger partial charge < -0.3 is 5.32 Å². The van der Waals surface area contributed by atoms with Gasteiger partial charge >= 0.3 is 0 Å². The summed E-state index contributed by atoms with van der Waals surface area (Å²) < 4.78 is 2.73. The van der Waals surface area contributed by atoms with Gasteiger partial charge in [-0.05, 0) is 50.6 Å². The highest BCUT2D eigenvalue weighted by molar-refractivity contribution is 9.10. The number of anilines is 2. The molecule has 0 saturated heterocycles. The lowest BCUT2D eigenvalue weighted by molar-refractivity contribution is 0.595. The largest absolute Gasteiger partial charge is 0.324 e. The van der Waals surface area contributed by atoms with Gasteiger partial charge in [-0.3, -0.25) is 9.36 Å². The molecule has 118 valence electrons. The summed E-state index contributed by atoms with van der Waals surface area (Å²) in [5, 5.41) is 4.03. The molecule has 3 aromatic rings. The lowest BCUT2D eigenvalue weighted by Crippen LogP contribution is -2.22.